The Morgan fingerprint density at radius 1 is 0.520 bits per heavy atom. The fourth-order valence-corrected chi connectivity index (χ4v) is 3.53. The third-order valence-corrected chi connectivity index (χ3v) is 5.18. The van der Waals surface area contributed by atoms with Crippen LogP contribution in [0.4, 0.5) is 5.69 Å². The molecule has 0 aliphatic rings. The first-order chi connectivity index (χ1) is 12.4. The summed E-state index contributed by atoms with van der Waals surface area (Å²) < 4.78 is 0. The van der Waals surface area contributed by atoms with Gasteiger partial charge in [0.1, 0.15) is 0 Å². The van der Waals surface area contributed by atoms with Gasteiger partial charge in [0, 0.05) is 18.8 Å². The van der Waals surface area contributed by atoms with Crippen molar-refractivity contribution in [2.45, 2.75) is 104 Å². The normalized spacial score (nSPS) is 11.0. The van der Waals surface area contributed by atoms with E-state index >= 15 is 0 Å². The Morgan fingerprint density at radius 2 is 0.920 bits per heavy atom. The Labute approximate surface area is 158 Å². The first-order valence-electron chi connectivity index (χ1n) is 11.2. The molecule has 25 heavy (non-hydrogen) atoms. The van der Waals surface area contributed by atoms with Gasteiger partial charge in [0.15, 0.2) is 0 Å². The molecule has 1 heteroatoms. The Hall–Kier alpha value is -0.980. The van der Waals surface area contributed by atoms with Gasteiger partial charge in [-0.2, -0.15) is 0 Å². The van der Waals surface area contributed by atoms with E-state index in [1.54, 1.807) is 0 Å². The van der Waals surface area contributed by atoms with Crippen LogP contribution in [0.3, 0.4) is 0 Å². The van der Waals surface area contributed by atoms with Gasteiger partial charge >= 0.3 is 0 Å². The predicted molar refractivity (Wildman–Crippen MR) is 115 cm³/mol. The van der Waals surface area contributed by atoms with Crippen LogP contribution in [0, 0.1) is 0 Å². The Bertz CT molecular complexity index is 355. The van der Waals surface area contributed by atoms with Crippen molar-refractivity contribution in [1.29, 1.82) is 0 Å². The SMILES string of the molecule is CCCCCCCCCN(CCCCCCCCC)c1ccccc1. The highest BCUT2D eigenvalue weighted by atomic mass is 15.1. The summed E-state index contributed by atoms with van der Waals surface area (Å²) in [5.41, 5.74) is 1.42. The highest BCUT2D eigenvalue weighted by Gasteiger charge is 2.05. The molecule has 0 aromatic heterocycles. The van der Waals surface area contributed by atoms with Crippen LogP contribution in [0.15, 0.2) is 30.3 Å². The third-order valence-electron chi connectivity index (χ3n) is 5.18. The van der Waals surface area contributed by atoms with Gasteiger partial charge in [-0.3, -0.25) is 0 Å². The minimum Gasteiger partial charge on any atom is -0.372 e. The average molecular weight is 346 g/mol. The fraction of sp³-hybridized carbons (Fsp3) is 0.750. The molecule has 0 aliphatic carbocycles. The van der Waals surface area contributed by atoms with Gasteiger partial charge in [-0.15, -0.1) is 0 Å². The molecule has 0 bridgehead atoms. The molecule has 0 amide bonds. The van der Waals surface area contributed by atoms with Crippen LogP contribution in [-0.2, 0) is 0 Å². The summed E-state index contributed by atoms with van der Waals surface area (Å²) in [5, 5.41) is 0. The molecule has 0 heterocycles. The molecule has 1 rings (SSSR count). The van der Waals surface area contributed by atoms with E-state index in [2.05, 4.69) is 49.1 Å². The topological polar surface area (TPSA) is 3.24 Å². The number of hydrogen-bond acceptors (Lipinski definition) is 1. The van der Waals surface area contributed by atoms with Crippen LogP contribution < -0.4 is 4.90 Å². The van der Waals surface area contributed by atoms with Crippen molar-refractivity contribution in [2.75, 3.05) is 18.0 Å². The summed E-state index contributed by atoms with van der Waals surface area (Å²) >= 11 is 0. The first-order valence-corrected chi connectivity index (χ1v) is 11.2. The molecule has 0 aliphatic heterocycles. The summed E-state index contributed by atoms with van der Waals surface area (Å²) in [6, 6.07) is 11.0. The van der Waals surface area contributed by atoms with Gasteiger partial charge in [-0.1, -0.05) is 109 Å². The van der Waals surface area contributed by atoms with Crippen LogP contribution in [0.1, 0.15) is 104 Å². The summed E-state index contributed by atoms with van der Waals surface area (Å²) in [5.74, 6) is 0. The molecule has 1 nitrogen and oxygen atoms in total. The van der Waals surface area contributed by atoms with E-state index in [0.717, 1.165) is 0 Å². The second-order valence-electron chi connectivity index (χ2n) is 7.57. The van der Waals surface area contributed by atoms with E-state index in [4.69, 9.17) is 0 Å². The van der Waals surface area contributed by atoms with Gasteiger partial charge in [-0.05, 0) is 25.0 Å². The van der Waals surface area contributed by atoms with Crippen LogP contribution in [0.2, 0.25) is 0 Å². The Morgan fingerprint density at radius 3 is 1.36 bits per heavy atom. The molecule has 0 unspecified atom stereocenters. The van der Waals surface area contributed by atoms with E-state index < -0.39 is 0 Å². The summed E-state index contributed by atoms with van der Waals surface area (Å²) in [6.07, 6.45) is 19.5. The minimum absolute atomic E-state index is 1.23. The molecule has 1 aromatic carbocycles. The molecule has 0 saturated carbocycles. The fourth-order valence-electron chi connectivity index (χ4n) is 3.53. The van der Waals surface area contributed by atoms with E-state index in [9.17, 15) is 0 Å². The monoisotopic (exact) mass is 345 g/mol. The van der Waals surface area contributed by atoms with Gasteiger partial charge in [0.25, 0.3) is 0 Å². The zero-order valence-electron chi connectivity index (χ0n) is 17.1. The van der Waals surface area contributed by atoms with Crippen molar-refractivity contribution in [3.63, 3.8) is 0 Å². The van der Waals surface area contributed by atoms with Crippen molar-refractivity contribution in [1.82, 2.24) is 0 Å². The lowest BCUT2D eigenvalue weighted by molar-refractivity contribution is 0.564. The quantitative estimate of drug-likeness (QED) is 0.258. The van der Waals surface area contributed by atoms with Gasteiger partial charge in [-0.25, -0.2) is 0 Å². The number of benzene rings is 1. The lowest BCUT2D eigenvalue weighted by Gasteiger charge is -2.25. The molecular formula is C24H43N. The number of anilines is 1. The zero-order chi connectivity index (χ0) is 18.0. The molecule has 0 spiro atoms. The summed E-state index contributed by atoms with van der Waals surface area (Å²) in [4.78, 5) is 2.62. The van der Waals surface area contributed by atoms with Crippen molar-refractivity contribution in [3.05, 3.63) is 30.3 Å². The Balaban J connectivity index is 2.21. The lowest BCUT2D eigenvalue weighted by atomic mass is 10.1. The van der Waals surface area contributed by atoms with Gasteiger partial charge in [0.2, 0.25) is 0 Å². The maximum absolute atomic E-state index is 2.62. The third kappa shape index (κ3) is 12.1. The van der Waals surface area contributed by atoms with Crippen LogP contribution >= 0.6 is 0 Å². The molecule has 0 atom stereocenters. The number of para-hydroxylation sites is 1. The van der Waals surface area contributed by atoms with Crippen LogP contribution in [0.25, 0.3) is 0 Å². The number of hydrogen-bond donors (Lipinski definition) is 0. The molecule has 0 saturated heterocycles. The van der Waals surface area contributed by atoms with Gasteiger partial charge < -0.3 is 4.90 Å². The van der Waals surface area contributed by atoms with E-state index in [-0.39, 0.29) is 0 Å². The van der Waals surface area contributed by atoms with Crippen LogP contribution in [-0.4, -0.2) is 13.1 Å². The largest absolute Gasteiger partial charge is 0.372 e. The van der Waals surface area contributed by atoms with Crippen LogP contribution in [0.5, 0.6) is 0 Å². The Kier molecular flexibility index (Phi) is 14.5. The van der Waals surface area contributed by atoms with E-state index in [1.807, 2.05) is 0 Å². The molecule has 0 radical (unpaired) electrons. The zero-order valence-corrected chi connectivity index (χ0v) is 17.1. The van der Waals surface area contributed by atoms with E-state index in [0.29, 0.717) is 0 Å². The van der Waals surface area contributed by atoms with Gasteiger partial charge in [0.05, 0.1) is 0 Å². The first kappa shape index (κ1) is 22.1. The second kappa shape index (κ2) is 16.5. The summed E-state index contributed by atoms with van der Waals surface area (Å²) in [7, 11) is 0. The van der Waals surface area contributed by atoms with E-state index in [1.165, 1.54) is 109 Å². The molecule has 1 aromatic rings. The van der Waals surface area contributed by atoms with Crippen molar-refractivity contribution in [2.24, 2.45) is 0 Å². The molecule has 0 fully saturated rings. The molecular weight excluding hydrogens is 302 g/mol. The van der Waals surface area contributed by atoms with Crippen molar-refractivity contribution >= 4 is 5.69 Å². The number of nitrogens with zero attached hydrogens (tertiary/aromatic N) is 1. The number of rotatable bonds is 17. The molecule has 0 N–H and O–H groups in total. The predicted octanol–water partition coefficient (Wildman–Crippen LogP) is 7.99. The second-order valence-corrected chi connectivity index (χ2v) is 7.57. The minimum atomic E-state index is 1.23. The lowest BCUT2D eigenvalue weighted by Crippen LogP contribution is -2.25. The average Bonchev–Trinajstić information content (AvgIpc) is 2.65. The number of unbranched alkanes of at least 4 members (excludes halogenated alkanes) is 12. The van der Waals surface area contributed by atoms with Crippen molar-refractivity contribution in [3.8, 4) is 0 Å². The maximum atomic E-state index is 2.62. The maximum Gasteiger partial charge on any atom is 0.0366 e. The standard InChI is InChI=1S/C24H43N/c1-3-5-7-9-11-13-18-22-25(24-20-16-15-17-21-24)23-19-14-12-10-8-6-4-2/h15-17,20-21H,3-14,18-19,22-23H2,1-2H3. The summed E-state index contributed by atoms with van der Waals surface area (Å²) in [6.45, 7) is 7.05. The molecule has 144 valence electrons. The van der Waals surface area contributed by atoms with Crippen molar-refractivity contribution < 1.29 is 0 Å². The highest BCUT2D eigenvalue weighted by Crippen LogP contribution is 2.17. The highest BCUT2D eigenvalue weighted by molar-refractivity contribution is 5.45. The smallest absolute Gasteiger partial charge is 0.0366 e.